The van der Waals surface area contributed by atoms with E-state index in [9.17, 15) is 12.8 Å². The van der Waals surface area contributed by atoms with Gasteiger partial charge in [-0.15, -0.1) is 0 Å². The quantitative estimate of drug-likeness (QED) is 0.655. The van der Waals surface area contributed by atoms with Crippen LogP contribution in [-0.4, -0.2) is 46.7 Å². The van der Waals surface area contributed by atoms with Crippen LogP contribution in [0.15, 0.2) is 60.0 Å². The monoisotopic (exact) mass is 402 g/mol. The minimum absolute atomic E-state index is 0.152. The summed E-state index contributed by atoms with van der Waals surface area (Å²) < 4.78 is 48.1. The fourth-order valence-electron chi connectivity index (χ4n) is 3.24. The molecule has 0 amide bonds. The molecular formula is C19H19FN4O3S. The van der Waals surface area contributed by atoms with Crippen LogP contribution < -0.4 is 4.74 Å². The number of ether oxygens (including phenoxy) is 1. The molecule has 0 bridgehead atoms. The van der Waals surface area contributed by atoms with Gasteiger partial charge in [-0.3, -0.25) is 9.67 Å². The maximum Gasteiger partial charge on any atom is 0.246 e. The lowest BCUT2D eigenvalue weighted by molar-refractivity contribution is 0.215. The average Bonchev–Trinajstić information content (AvgIpc) is 3.32. The molecule has 0 spiro atoms. The van der Waals surface area contributed by atoms with Gasteiger partial charge in [0.25, 0.3) is 0 Å². The minimum atomic E-state index is -3.63. The van der Waals surface area contributed by atoms with Gasteiger partial charge in [0.15, 0.2) is 0 Å². The molecule has 2 aromatic heterocycles. The summed E-state index contributed by atoms with van der Waals surface area (Å²) in [6.07, 6.45) is 6.26. The number of nitrogens with zero attached hydrogens (tertiary/aromatic N) is 4. The maximum atomic E-state index is 13.8. The number of pyridine rings is 1. The van der Waals surface area contributed by atoms with Crippen LogP contribution in [0.2, 0.25) is 0 Å². The molecule has 1 fully saturated rings. The second kappa shape index (κ2) is 7.33. The molecule has 3 aromatic rings. The summed E-state index contributed by atoms with van der Waals surface area (Å²) in [5.74, 6) is -0.0255. The Labute approximate surface area is 162 Å². The third kappa shape index (κ3) is 3.63. The molecule has 4 rings (SSSR count). The van der Waals surface area contributed by atoms with Crippen LogP contribution in [0.25, 0.3) is 11.1 Å². The Morgan fingerprint density at radius 3 is 2.71 bits per heavy atom. The van der Waals surface area contributed by atoms with Gasteiger partial charge < -0.3 is 4.74 Å². The number of sulfonamides is 1. The lowest BCUT2D eigenvalue weighted by atomic mass is 10.1. The summed E-state index contributed by atoms with van der Waals surface area (Å²) in [7, 11) is -1.96. The van der Waals surface area contributed by atoms with Crippen LogP contribution >= 0.6 is 0 Å². The average molecular weight is 402 g/mol. The third-order valence-corrected chi connectivity index (χ3v) is 6.47. The smallest absolute Gasteiger partial charge is 0.246 e. The summed E-state index contributed by atoms with van der Waals surface area (Å²) in [4.78, 5) is 4.15. The maximum absolute atomic E-state index is 13.8. The third-order valence-electron chi connectivity index (χ3n) is 4.66. The summed E-state index contributed by atoms with van der Waals surface area (Å²) in [5.41, 5.74) is 1.58. The molecule has 9 heteroatoms. The highest BCUT2D eigenvalue weighted by molar-refractivity contribution is 7.89. The van der Waals surface area contributed by atoms with Gasteiger partial charge in [0.05, 0.1) is 12.7 Å². The molecular weight excluding hydrogens is 383 g/mol. The van der Waals surface area contributed by atoms with Crippen LogP contribution in [0.5, 0.6) is 5.75 Å². The van der Waals surface area contributed by atoms with Crippen molar-refractivity contribution in [2.24, 2.45) is 7.05 Å². The van der Waals surface area contributed by atoms with E-state index in [0.717, 1.165) is 11.1 Å². The van der Waals surface area contributed by atoms with Crippen molar-refractivity contribution in [1.29, 1.82) is 0 Å². The molecule has 7 nitrogen and oxygen atoms in total. The zero-order valence-electron chi connectivity index (χ0n) is 15.2. The number of halogens is 1. The highest BCUT2D eigenvalue weighted by atomic mass is 32.2. The number of benzene rings is 1. The first kappa shape index (κ1) is 18.6. The van der Waals surface area contributed by atoms with E-state index in [2.05, 4.69) is 10.1 Å². The van der Waals surface area contributed by atoms with Crippen molar-refractivity contribution in [2.75, 3.05) is 13.1 Å². The van der Waals surface area contributed by atoms with Gasteiger partial charge >= 0.3 is 0 Å². The highest BCUT2D eigenvalue weighted by Gasteiger charge is 2.34. The molecule has 0 aliphatic carbocycles. The molecule has 0 saturated carbocycles. The highest BCUT2D eigenvalue weighted by Crippen LogP contribution is 2.33. The number of hydrogen-bond donors (Lipinski definition) is 0. The van der Waals surface area contributed by atoms with Crippen LogP contribution in [0.1, 0.15) is 6.42 Å². The standard InChI is InChI=1S/C19H19FN4O3S/c1-23-13-17(11-22-23)28(25,26)24-9-6-16(12-24)27-19-10-15(20)2-3-18(19)14-4-7-21-8-5-14/h2-5,7-8,10-11,13,16H,6,9,12H2,1H3. The Kier molecular flexibility index (Phi) is 4.86. The van der Waals surface area contributed by atoms with Crippen molar-refractivity contribution in [3.63, 3.8) is 0 Å². The van der Waals surface area contributed by atoms with Gasteiger partial charge in [0.2, 0.25) is 10.0 Å². The van der Waals surface area contributed by atoms with Gasteiger partial charge in [0.1, 0.15) is 22.6 Å². The summed E-state index contributed by atoms with van der Waals surface area (Å²) in [5, 5.41) is 3.93. The zero-order chi connectivity index (χ0) is 19.7. The second-order valence-corrected chi connectivity index (χ2v) is 8.56. The molecule has 1 atom stereocenters. The van der Waals surface area contributed by atoms with Crippen molar-refractivity contribution in [1.82, 2.24) is 19.1 Å². The molecule has 0 N–H and O–H groups in total. The Balaban J connectivity index is 1.54. The van der Waals surface area contributed by atoms with E-state index in [1.807, 2.05) is 12.1 Å². The summed E-state index contributed by atoms with van der Waals surface area (Å²) >= 11 is 0. The van der Waals surface area contributed by atoms with Crippen LogP contribution in [-0.2, 0) is 17.1 Å². The first-order chi connectivity index (χ1) is 13.4. The second-order valence-electron chi connectivity index (χ2n) is 6.62. The SMILES string of the molecule is Cn1cc(S(=O)(=O)N2CCC(Oc3cc(F)ccc3-c3ccncc3)C2)cn1. The van der Waals surface area contributed by atoms with Crippen molar-refractivity contribution in [3.8, 4) is 16.9 Å². The topological polar surface area (TPSA) is 77.3 Å². The number of aryl methyl sites for hydroxylation is 1. The molecule has 28 heavy (non-hydrogen) atoms. The van der Waals surface area contributed by atoms with E-state index < -0.39 is 15.8 Å². The fourth-order valence-corrected chi connectivity index (χ4v) is 4.71. The van der Waals surface area contributed by atoms with Crippen molar-refractivity contribution in [3.05, 3.63) is 60.9 Å². The molecule has 1 saturated heterocycles. The summed E-state index contributed by atoms with van der Waals surface area (Å²) in [6.45, 7) is 0.533. The van der Waals surface area contributed by atoms with E-state index in [-0.39, 0.29) is 17.5 Å². The molecule has 3 heterocycles. The lowest BCUT2D eigenvalue weighted by Gasteiger charge is -2.18. The minimum Gasteiger partial charge on any atom is -0.488 e. The first-order valence-electron chi connectivity index (χ1n) is 8.79. The fraction of sp³-hybridized carbons (Fsp3) is 0.263. The molecule has 1 unspecified atom stereocenters. The van der Waals surface area contributed by atoms with Crippen LogP contribution in [0.4, 0.5) is 4.39 Å². The molecule has 1 aromatic carbocycles. The van der Waals surface area contributed by atoms with Gasteiger partial charge in [0, 0.05) is 43.8 Å². The van der Waals surface area contributed by atoms with Crippen molar-refractivity contribution < 1.29 is 17.5 Å². The Hall–Kier alpha value is -2.78. The van der Waals surface area contributed by atoms with Crippen molar-refractivity contribution in [2.45, 2.75) is 17.4 Å². The van der Waals surface area contributed by atoms with E-state index >= 15 is 0 Å². The van der Waals surface area contributed by atoms with Crippen LogP contribution in [0.3, 0.4) is 0 Å². The van der Waals surface area contributed by atoms with Crippen LogP contribution in [0, 0.1) is 5.82 Å². The lowest BCUT2D eigenvalue weighted by Crippen LogP contribution is -2.31. The predicted molar refractivity (Wildman–Crippen MR) is 101 cm³/mol. The Morgan fingerprint density at radius 1 is 1.21 bits per heavy atom. The number of hydrogen-bond acceptors (Lipinski definition) is 5. The molecule has 1 aliphatic heterocycles. The van der Waals surface area contributed by atoms with Gasteiger partial charge in [-0.2, -0.15) is 9.40 Å². The van der Waals surface area contributed by atoms with E-state index in [1.165, 1.54) is 33.5 Å². The van der Waals surface area contributed by atoms with E-state index in [0.29, 0.717) is 18.7 Å². The Bertz CT molecular complexity index is 1090. The zero-order valence-corrected chi connectivity index (χ0v) is 16.0. The number of rotatable bonds is 5. The van der Waals surface area contributed by atoms with E-state index in [4.69, 9.17) is 4.74 Å². The molecule has 0 radical (unpaired) electrons. The molecule has 1 aliphatic rings. The normalized spacial score (nSPS) is 17.7. The largest absolute Gasteiger partial charge is 0.488 e. The van der Waals surface area contributed by atoms with Gasteiger partial charge in [-0.25, -0.2) is 12.8 Å². The number of aromatic nitrogens is 3. The summed E-state index contributed by atoms with van der Waals surface area (Å²) in [6, 6.07) is 7.98. The van der Waals surface area contributed by atoms with Gasteiger partial charge in [-0.1, -0.05) is 0 Å². The van der Waals surface area contributed by atoms with Crippen molar-refractivity contribution >= 4 is 10.0 Å². The predicted octanol–water partition coefficient (Wildman–Crippen LogP) is 2.46. The molecule has 146 valence electrons. The Morgan fingerprint density at radius 2 is 2.00 bits per heavy atom. The van der Waals surface area contributed by atoms with E-state index in [1.54, 1.807) is 25.5 Å². The van der Waals surface area contributed by atoms with Gasteiger partial charge in [-0.05, 0) is 36.2 Å². The first-order valence-corrected chi connectivity index (χ1v) is 10.2.